The predicted molar refractivity (Wildman–Crippen MR) is 90.6 cm³/mol. The molecule has 1 unspecified atom stereocenters. The molecule has 0 aliphatic carbocycles. The zero-order valence-electron chi connectivity index (χ0n) is 13.6. The number of ether oxygens (including phenoxy) is 2. The van der Waals surface area contributed by atoms with Crippen LogP contribution < -0.4 is 14.8 Å². The van der Waals surface area contributed by atoms with E-state index in [1.165, 1.54) is 5.56 Å². The SMILES string of the molecule is COc1cccc(CNC(C)CCc2ccccc2)c1OC. The van der Waals surface area contributed by atoms with Crippen molar-refractivity contribution in [1.29, 1.82) is 0 Å². The van der Waals surface area contributed by atoms with E-state index in [0.29, 0.717) is 6.04 Å². The van der Waals surface area contributed by atoms with Gasteiger partial charge in [-0.25, -0.2) is 0 Å². The number of rotatable bonds is 8. The minimum atomic E-state index is 0.441. The van der Waals surface area contributed by atoms with Gasteiger partial charge in [-0.2, -0.15) is 0 Å². The maximum Gasteiger partial charge on any atom is 0.165 e. The van der Waals surface area contributed by atoms with E-state index in [0.717, 1.165) is 36.4 Å². The van der Waals surface area contributed by atoms with Crippen LogP contribution in [-0.4, -0.2) is 20.3 Å². The molecule has 0 aromatic heterocycles. The van der Waals surface area contributed by atoms with Gasteiger partial charge in [0.25, 0.3) is 0 Å². The molecule has 3 heteroatoms. The zero-order chi connectivity index (χ0) is 15.8. The van der Waals surface area contributed by atoms with E-state index in [-0.39, 0.29) is 0 Å². The van der Waals surface area contributed by atoms with Crippen LogP contribution in [0.25, 0.3) is 0 Å². The lowest BCUT2D eigenvalue weighted by Crippen LogP contribution is -2.26. The number of benzene rings is 2. The summed E-state index contributed by atoms with van der Waals surface area (Å²) in [6, 6.07) is 17.0. The van der Waals surface area contributed by atoms with Crippen molar-refractivity contribution in [3.05, 3.63) is 59.7 Å². The van der Waals surface area contributed by atoms with E-state index in [4.69, 9.17) is 9.47 Å². The van der Waals surface area contributed by atoms with Crippen LogP contribution in [0.3, 0.4) is 0 Å². The fourth-order valence-electron chi connectivity index (χ4n) is 2.51. The Hall–Kier alpha value is -2.00. The highest BCUT2D eigenvalue weighted by atomic mass is 16.5. The summed E-state index contributed by atoms with van der Waals surface area (Å²) in [5, 5.41) is 3.56. The average Bonchev–Trinajstić information content (AvgIpc) is 2.58. The first-order chi connectivity index (χ1) is 10.7. The molecule has 2 aromatic carbocycles. The van der Waals surface area contributed by atoms with Crippen LogP contribution in [0.1, 0.15) is 24.5 Å². The molecule has 0 saturated carbocycles. The molecule has 0 amide bonds. The van der Waals surface area contributed by atoms with Crippen LogP contribution in [0.5, 0.6) is 11.5 Å². The second-order valence-electron chi connectivity index (χ2n) is 5.46. The molecular weight excluding hydrogens is 274 g/mol. The Balaban J connectivity index is 1.87. The summed E-state index contributed by atoms with van der Waals surface area (Å²) in [5.41, 5.74) is 2.50. The Morgan fingerprint density at radius 3 is 2.41 bits per heavy atom. The Morgan fingerprint density at radius 2 is 1.73 bits per heavy atom. The highest BCUT2D eigenvalue weighted by molar-refractivity contribution is 5.46. The fourth-order valence-corrected chi connectivity index (χ4v) is 2.51. The molecule has 0 spiro atoms. The third-order valence-corrected chi connectivity index (χ3v) is 3.83. The lowest BCUT2D eigenvalue weighted by Gasteiger charge is -2.17. The number of para-hydroxylation sites is 1. The van der Waals surface area contributed by atoms with Gasteiger partial charge in [0.1, 0.15) is 0 Å². The Morgan fingerprint density at radius 1 is 0.955 bits per heavy atom. The molecule has 0 bridgehead atoms. The molecule has 0 saturated heterocycles. The Kier molecular flexibility index (Phi) is 6.28. The normalized spacial score (nSPS) is 12.0. The molecular formula is C19H25NO2. The predicted octanol–water partition coefficient (Wildman–Crippen LogP) is 3.81. The van der Waals surface area contributed by atoms with Crippen molar-refractivity contribution in [3.63, 3.8) is 0 Å². The highest BCUT2D eigenvalue weighted by Gasteiger charge is 2.10. The van der Waals surface area contributed by atoms with Crippen LogP contribution in [0, 0.1) is 0 Å². The third-order valence-electron chi connectivity index (χ3n) is 3.83. The van der Waals surface area contributed by atoms with Crippen LogP contribution >= 0.6 is 0 Å². The number of nitrogens with one attached hydrogen (secondary N) is 1. The first kappa shape index (κ1) is 16.4. The van der Waals surface area contributed by atoms with Crippen molar-refractivity contribution in [1.82, 2.24) is 5.32 Å². The van der Waals surface area contributed by atoms with Crippen molar-refractivity contribution < 1.29 is 9.47 Å². The lowest BCUT2D eigenvalue weighted by atomic mass is 10.1. The molecule has 0 fully saturated rings. The van der Waals surface area contributed by atoms with Gasteiger partial charge in [0.2, 0.25) is 0 Å². The molecule has 0 aliphatic heterocycles. The van der Waals surface area contributed by atoms with Gasteiger partial charge < -0.3 is 14.8 Å². The van der Waals surface area contributed by atoms with E-state index in [9.17, 15) is 0 Å². The van der Waals surface area contributed by atoms with Crippen molar-refractivity contribution >= 4 is 0 Å². The van der Waals surface area contributed by atoms with Gasteiger partial charge in [-0.1, -0.05) is 42.5 Å². The second-order valence-corrected chi connectivity index (χ2v) is 5.46. The number of aryl methyl sites for hydroxylation is 1. The molecule has 1 N–H and O–H groups in total. The smallest absolute Gasteiger partial charge is 0.165 e. The summed E-state index contributed by atoms with van der Waals surface area (Å²) in [6.07, 6.45) is 2.19. The zero-order valence-corrected chi connectivity index (χ0v) is 13.6. The van der Waals surface area contributed by atoms with Gasteiger partial charge >= 0.3 is 0 Å². The van der Waals surface area contributed by atoms with Crippen molar-refractivity contribution in [2.45, 2.75) is 32.4 Å². The van der Waals surface area contributed by atoms with Gasteiger partial charge in [-0.15, -0.1) is 0 Å². The van der Waals surface area contributed by atoms with E-state index in [2.05, 4.69) is 48.6 Å². The van der Waals surface area contributed by atoms with Gasteiger partial charge in [-0.3, -0.25) is 0 Å². The first-order valence-corrected chi connectivity index (χ1v) is 7.71. The van der Waals surface area contributed by atoms with Gasteiger partial charge in [0.15, 0.2) is 11.5 Å². The summed E-state index contributed by atoms with van der Waals surface area (Å²) in [4.78, 5) is 0. The largest absolute Gasteiger partial charge is 0.493 e. The van der Waals surface area contributed by atoms with E-state index >= 15 is 0 Å². The third kappa shape index (κ3) is 4.50. The van der Waals surface area contributed by atoms with Gasteiger partial charge in [0.05, 0.1) is 14.2 Å². The molecule has 2 aromatic rings. The van der Waals surface area contributed by atoms with Crippen LogP contribution in [-0.2, 0) is 13.0 Å². The Bertz CT molecular complexity index is 569. The summed E-state index contributed by atoms with van der Waals surface area (Å²) in [5.74, 6) is 1.59. The standard InChI is InChI=1S/C19H25NO2/c1-15(12-13-16-8-5-4-6-9-16)20-14-17-10-7-11-18(21-2)19(17)22-3/h4-11,15,20H,12-14H2,1-3H3. The molecule has 2 rings (SSSR count). The maximum absolute atomic E-state index is 5.46. The minimum Gasteiger partial charge on any atom is -0.493 e. The number of methoxy groups -OCH3 is 2. The molecule has 0 aliphatic rings. The quantitative estimate of drug-likeness (QED) is 0.804. The summed E-state index contributed by atoms with van der Waals surface area (Å²) < 4.78 is 10.8. The van der Waals surface area contributed by atoms with Crippen LogP contribution in [0.4, 0.5) is 0 Å². The average molecular weight is 299 g/mol. The topological polar surface area (TPSA) is 30.5 Å². The lowest BCUT2D eigenvalue weighted by molar-refractivity contribution is 0.349. The summed E-state index contributed by atoms with van der Waals surface area (Å²) >= 11 is 0. The molecule has 0 radical (unpaired) electrons. The molecule has 0 heterocycles. The van der Waals surface area contributed by atoms with Gasteiger partial charge in [-0.05, 0) is 31.4 Å². The minimum absolute atomic E-state index is 0.441. The van der Waals surface area contributed by atoms with Crippen molar-refractivity contribution in [2.75, 3.05) is 14.2 Å². The molecule has 118 valence electrons. The van der Waals surface area contributed by atoms with Crippen molar-refractivity contribution in [2.24, 2.45) is 0 Å². The number of hydrogen-bond acceptors (Lipinski definition) is 3. The van der Waals surface area contributed by atoms with Crippen LogP contribution in [0.2, 0.25) is 0 Å². The second kappa shape index (κ2) is 8.44. The van der Waals surface area contributed by atoms with E-state index in [1.807, 2.05) is 12.1 Å². The fraction of sp³-hybridized carbons (Fsp3) is 0.368. The number of hydrogen-bond donors (Lipinski definition) is 1. The van der Waals surface area contributed by atoms with Gasteiger partial charge in [0, 0.05) is 18.2 Å². The van der Waals surface area contributed by atoms with Crippen LogP contribution in [0.15, 0.2) is 48.5 Å². The highest BCUT2D eigenvalue weighted by Crippen LogP contribution is 2.30. The first-order valence-electron chi connectivity index (χ1n) is 7.71. The summed E-state index contributed by atoms with van der Waals surface area (Å²) in [7, 11) is 3.34. The summed E-state index contributed by atoms with van der Waals surface area (Å²) in [6.45, 7) is 2.99. The monoisotopic (exact) mass is 299 g/mol. The van der Waals surface area contributed by atoms with E-state index < -0.39 is 0 Å². The van der Waals surface area contributed by atoms with Crippen molar-refractivity contribution in [3.8, 4) is 11.5 Å². The molecule has 3 nitrogen and oxygen atoms in total. The molecule has 1 atom stereocenters. The maximum atomic E-state index is 5.46. The Labute approximate surface area is 133 Å². The van der Waals surface area contributed by atoms with E-state index in [1.54, 1.807) is 14.2 Å². The molecule has 22 heavy (non-hydrogen) atoms.